The summed E-state index contributed by atoms with van der Waals surface area (Å²) in [4.78, 5) is 12.1. The molecule has 0 spiro atoms. The Hall–Kier alpha value is -1.81. The van der Waals surface area contributed by atoms with E-state index in [1.165, 1.54) is 0 Å². The molecule has 8 heteroatoms. The van der Waals surface area contributed by atoms with Gasteiger partial charge in [-0.15, -0.1) is 0 Å². The molecule has 2 N–H and O–H groups in total. The molecule has 0 fully saturated rings. The maximum Gasteiger partial charge on any atom is 0.262 e. The molecule has 2 aromatic rings. The third kappa shape index (κ3) is 6.17. The summed E-state index contributed by atoms with van der Waals surface area (Å²) >= 11 is 2.19. The molecule has 0 saturated carbocycles. The van der Waals surface area contributed by atoms with E-state index in [4.69, 9.17) is 4.74 Å². The number of hydrogen-bond donors (Lipinski definition) is 2. The molecule has 1 amide bonds. The van der Waals surface area contributed by atoms with Gasteiger partial charge in [0.25, 0.3) is 5.91 Å². The van der Waals surface area contributed by atoms with Crippen LogP contribution in [0.2, 0.25) is 0 Å². The minimum absolute atomic E-state index is 0.0485. The minimum atomic E-state index is -3.39. The standard InChI is InChI=1S/C18H21IN2O4S/c1-3-11-26(23,24)21-17-6-4-5-16(13(17)2)20-18(22)12-25-15-9-7-14(19)8-10-15/h4-10,21H,3,11-12H2,1-2H3,(H,20,22). The number of benzene rings is 2. The highest BCUT2D eigenvalue weighted by atomic mass is 127. The highest BCUT2D eigenvalue weighted by molar-refractivity contribution is 14.1. The summed E-state index contributed by atoms with van der Waals surface area (Å²) < 4.78 is 33.0. The number of halogens is 1. The second kappa shape index (κ2) is 9.22. The third-order valence-corrected chi connectivity index (χ3v) is 5.73. The fourth-order valence-electron chi connectivity index (χ4n) is 2.23. The van der Waals surface area contributed by atoms with E-state index in [-0.39, 0.29) is 18.3 Å². The van der Waals surface area contributed by atoms with Crippen LogP contribution in [0.25, 0.3) is 0 Å². The predicted molar refractivity (Wildman–Crippen MR) is 112 cm³/mol. The van der Waals surface area contributed by atoms with Crippen LogP contribution in [-0.4, -0.2) is 26.7 Å². The molecular formula is C18H21IN2O4S. The number of anilines is 2. The van der Waals surface area contributed by atoms with Crippen LogP contribution in [-0.2, 0) is 14.8 Å². The molecule has 140 valence electrons. The average molecular weight is 488 g/mol. The average Bonchev–Trinajstić information content (AvgIpc) is 2.58. The van der Waals surface area contributed by atoms with Crippen LogP contribution in [0, 0.1) is 10.5 Å². The summed E-state index contributed by atoms with van der Waals surface area (Å²) in [5.74, 6) is 0.339. The van der Waals surface area contributed by atoms with Crippen molar-refractivity contribution in [3.8, 4) is 5.75 Å². The molecule has 0 unspecified atom stereocenters. The molecule has 0 bridgehead atoms. The Labute approximate surface area is 167 Å². The first-order valence-corrected chi connectivity index (χ1v) is 10.8. The van der Waals surface area contributed by atoms with Crippen molar-refractivity contribution in [1.29, 1.82) is 0 Å². The molecule has 0 saturated heterocycles. The van der Waals surface area contributed by atoms with Crippen molar-refractivity contribution in [2.24, 2.45) is 0 Å². The van der Waals surface area contributed by atoms with Gasteiger partial charge in [-0.25, -0.2) is 8.42 Å². The van der Waals surface area contributed by atoms with Crippen LogP contribution in [0.15, 0.2) is 42.5 Å². The van der Waals surface area contributed by atoms with Gasteiger partial charge >= 0.3 is 0 Å². The predicted octanol–water partition coefficient (Wildman–Crippen LogP) is 3.77. The molecule has 0 aliphatic heterocycles. The first-order chi connectivity index (χ1) is 12.3. The minimum Gasteiger partial charge on any atom is -0.484 e. The number of ether oxygens (including phenoxy) is 1. The molecule has 2 aromatic carbocycles. The van der Waals surface area contributed by atoms with E-state index in [9.17, 15) is 13.2 Å². The molecule has 2 rings (SSSR count). The van der Waals surface area contributed by atoms with E-state index in [1.54, 1.807) is 44.2 Å². The molecule has 6 nitrogen and oxygen atoms in total. The molecule has 0 atom stereocenters. The number of nitrogens with one attached hydrogen (secondary N) is 2. The lowest BCUT2D eigenvalue weighted by Crippen LogP contribution is -2.21. The molecule has 26 heavy (non-hydrogen) atoms. The number of hydrogen-bond acceptors (Lipinski definition) is 4. The summed E-state index contributed by atoms with van der Waals surface area (Å²) in [5, 5.41) is 2.75. The van der Waals surface area contributed by atoms with E-state index in [1.807, 2.05) is 12.1 Å². The van der Waals surface area contributed by atoms with Gasteiger partial charge in [0, 0.05) is 9.26 Å². The summed E-state index contributed by atoms with van der Waals surface area (Å²) in [6.07, 6.45) is 0.528. The monoisotopic (exact) mass is 488 g/mol. The third-order valence-electron chi connectivity index (χ3n) is 3.53. The van der Waals surface area contributed by atoms with Crippen molar-refractivity contribution in [1.82, 2.24) is 0 Å². The maximum atomic E-state index is 12.1. The number of carbonyl (C=O) groups excluding carboxylic acids is 1. The first-order valence-electron chi connectivity index (χ1n) is 8.09. The SMILES string of the molecule is CCCS(=O)(=O)Nc1cccc(NC(=O)COc2ccc(I)cc2)c1C. The normalized spacial score (nSPS) is 11.0. The van der Waals surface area contributed by atoms with Crippen LogP contribution < -0.4 is 14.8 Å². The van der Waals surface area contributed by atoms with Gasteiger partial charge < -0.3 is 10.1 Å². The zero-order chi connectivity index (χ0) is 19.2. The Morgan fingerprint density at radius 2 is 1.77 bits per heavy atom. The summed E-state index contributed by atoms with van der Waals surface area (Å²) in [5.41, 5.74) is 1.64. The van der Waals surface area contributed by atoms with Gasteiger partial charge in [-0.2, -0.15) is 0 Å². The number of sulfonamides is 1. The highest BCUT2D eigenvalue weighted by Crippen LogP contribution is 2.24. The zero-order valence-corrected chi connectivity index (χ0v) is 17.6. The van der Waals surface area contributed by atoms with Gasteiger partial charge in [0.15, 0.2) is 6.61 Å². The molecule has 0 aliphatic rings. The van der Waals surface area contributed by atoms with Crippen molar-refractivity contribution in [3.05, 3.63) is 51.6 Å². The van der Waals surface area contributed by atoms with Crippen molar-refractivity contribution < 1.29 is 17.9 Å². The largest absolute Gasteiger partial charge is 0.484 e. The Bertz CT molecular complexity index is 867. The highest BCUT2D eigenvalue weighted by Gasteiger charge is 2.13. The lowest BCUT2D eigenvalue weighted by molar-refractivity contribution is -0.118. The van der Waals surface area contributed by atoms with Gasteiger partial charge in [0.1, 0.15) is 5.75 Å². The van der Waals surface area contributed by atoms with Crippen molar-refractivity contribution in [2.75, 3.05) is 22.4 Å². The molecular weight excluding hydrogens is 467 g/mol. The summed E-state index contributed by atoms with van der Waals surface area (Å²) in [7, 11) is -3.39. The smallest absolute Gasteiger partial charge is 0.262 e. The molecule has 0 aliphatic carbocycles. The molecule has 0 heterocycles. The Morgan fingerprint density at radius 1 is 1.12 bits per heavy atom. The van der Waals surface area contributed by atoms with Crippen LogP contribution in [0.4, 0.5) is 11.4 Å². The van der Waals surface area contributed by atoms with Gasteiger partial charge in [0.2, 0.25) is 10.0 Å². The number of rotatable bonds is 8. The summed E-state index contributed by atoms with van der Waals surface area (Å²) in [6.45, 7) is 3.42. The van der Waals surface area contributed by atoms with E-state index in [0.29, 0.717) is 29.1 Å². The number of amides is 1. The van der Waals surface area contributed by atoms with Crippen LogP contribution >= 0.6 is 22.6 Å². The topological polar surface area (TPSA) is 84.5 Å². The lowest BCUT2D eigenvalue weighted by Gasteiger charge is -2.14. The van der Waals surface area contributed by atoms with Gasteiger partial charge in [0.05, 0.1) is 11.4 Å². The van der Waals surface area contributed by atoms with Gasteiger partial charge in [-0.05, 0) is 77.9 Å². The Kier molecular flexibility index (Phi) is 7.27. The van der Waals surface area contributed by atoms with Crippen molar-refractivity contribution in [3.63, 3.8) is 0 Å². The second-order valence-electron chi connectivity index (χ2n) is 5.69. The van der Waals surface area contributed by atoms with Crippen LogP contribution in [0.1, 0.15) is 18.9 Å². The Balaban J connectivity index is 2.01. The molecule has 0 radical (unpaired) electrons. The van der Waals surface area contributed by atoms with Gasteiger partial charge in [-0.3, -0.25) is 9.52 Å². The van der Waals surface area contributed by atoms with E-state index in [0.717, 1.165) is 3.57 Å². The van der Waals surface area contributed by atoms with E-state index in [2.05, 4.69) is 32.6 Å². The van der Waals surface area contributed by atoms with Crippen LogP contribution in [0.3, 0.4) is 0 Å². The number of carbonyl (C=O) groups is 1. The van der Waals surface area contributed by atoms with Crippen LogP contribution in [0.5, 0.6) is 5.75 Å². The van der Waals surface area contributed by atoms with E-state index < -0.39 is 10.0 Å². The molecule has 0 aromatic heterocycles. The van der Waals surface area contributed by atoms with Gasteiger partial charge in [-0.1, -0.05) is 13.0 Å². The Morgan fingerprint density at radius 3 is 2.42 bits per heavy atom. The van der Waals surface area contributed by atoms with Crippen molar-refractivity contribution in [2.45, 2.75) is 20.3 Å². The second-order valence-corrected chi connectivity index (χ2v) is 8.78. The fraction of sp³-hybridized carbons (Fsp3) is 0.278. The fourth-order valence-corrected chi connectivity index (χ4v) is 3.79. The van der Waals surface area contributed by atoms with Crippen molar-refractivity contribution >= 4 is 49.9 Å². The first kappa shape index (κ1) is 20.5. The quantitative estimate of drug-likeness (QED) is 0.555. The maximum absolute atomic E-state index is 12.1. The van der Waals surface area contributed by atoms with E-state index >= 15 is 0 Å². The summed E-state index contributed by atoms with van der Waals surface area (Å²) in [6, 6.07) is 12.4. The zero-order valence-electron chi connectivity index (χ0n) is 14.6. The lowest BCUT2D eigenvalue weighted by atomic mass is 10.1.